The van der Waals surface area contributed by atoms with Crippen LogP contribution < -0.4 is 11.5 Å². The lowest BCUT2D eigenvalue weighted by Gasteiger charge is -2.22. The number of primary amides is 1. The van der Waals surface area contributed by atoms with Crippen LogP contribution in [0, 0.1) is 0 Å². The van der Waals surface area contributed by atoms with Crippen LogP contribution >= 0.6 is 11.6 Å². The molecule has 6 nitrogen and oxygen atoms in total. The van der Waals surface area contributed by atoms with E-state index in [9.17, 15) is 9.59 Å². The Morgan fingerprint density at radius 3 is 2.53 bits per heavy atom. The number of amides is 2. The Bertz CT molecular complexity index is 467. The number of halogens is 1. The SMILES string of the molecule is NC(=O)CN(C[C@H](N)Cc1ccccc1Cl)C(=O)O. The number of carbonyl (C=O) groups excluding carboxylic acids is 1. The monoisotopic (exact) mass is 285 g/mol. The first kappa shape index (κ1) is 15.3. The standard InChI is InChI=1S/C12H16ClN3O3/c13-10-4-2-1-3-8(10)5-9(14)6-16(12(18)19)7-11(15)17/h1-4,9H,5-7,14H2,(H2,15,17)(H,18,19)/t9-/m1/s1. The zero-order valence-corrected chi connectivity index (χ0v) is 11.0. The third-order valence-corrected chi connectivity index (χ3v) is 2.88. The van der Waals surface area contributed by atoms with Gasteiger partial charge in [-0.3, -0.25) is 9.69 Å². The van der Waals surface area contributed by atoms with E-state index in [1.54, 1.807) is 12.1 Å². The number of carboxylic acid groups (broad SMARTS) is 1. The predicted molar refractivity (Wildman–Crippen MR) is 71.9 cm³/mol. The Morgan fingerprint density at radius 1 is 1.37 bits per heavy atom. The maximum atomic E-state index is 10.9. The van der Waals surface area contributed by atoms with Crippen molar-refractivity contribution in [1.29, 1.82) is 0 Å². The Balaban J connectivity index is 2.62. The summed E-state index contributed by atoms with van der Waals surface area (Å²) in [5.41, 5.74) is 11.7. The van der Waals surface area contributed by atoms with E-state index in [2.05, 4.69) is 0 Å². The molecule has 0 aliphatic heterocycles. The van der Waals surface area contributed by atoms with Gasteiger partial charge in [-0.1, -0.05) is 29.8 Å². The van der Waals surface area contributed by atoms with E-state index >= 15 is 0 Å². The topological polar surface area (TPSA) is 110 Å². The third kappa shape index (κ3) is 5.15. The molecule has 2 amide bonds. The van der Waals surface area contributed by atoms with Gasteiger partial charge in [0.25, 0.3) is 0 Å². The van der Waals surface area contributed by atoms with Crippen molar-refractivity contribution in [2.24, 2.45) is 11.5 Å². The first-order chi connectivity index (χ1) is 8.90. The highest BCUT2D eigenvalue weighted by Gasteiger charge is 2.18. The van der Waals surface area contributed by atoms with E-state index < -0.39 is 18.0 Å². The summed E-state index contributed by atoms with van der Waals surface area (Å²) in [4.78, 5) is 22.6. The number of benzene rings is 1. The molecule has 0 saturated heterocycles. The van der Waals surface area contributed by atoms with Gasteiger partial charge in [-0.05, 0) is 18.1 Å². The molecule has 19 heavy (non-hydrogen) atoms. The first-order valence-corrected chi connectivity index (χ1v) is 6.03. The third-order valence-electron chi connectivity index (χ3n) is 2.51. The molecule has 0 aliphatic rings. The molecule has 104 valence electrons. The predicted octanol–water partition coefficient (Wildman–Crippen LogP) is 0.675. The van der Waals surface area contributed by atoms with Crippen molar-refractivity contribution >= 4 is 23.6 Å². The van der Waals surface area contributed by atoms with E-state index in [1.165, 1.54) is 0 Å². The molecule has 5 N–H and O–H groups in total. The van der Waals surface area contributed by atoms with E-state index in [0.717, 1.165) is 10.5 Å². The van der Waals surface area contributed by atoms with Gasteiger partial charge in [-0.15, -0.1) is 0 Å². The average molecular weight is 286 g/mol. The van der Waals surface area contributed by atoms with Crippen molar-refractivity contribution in [2.45, 2.75) is 12.5 Å². The lowest BCUT2D eigenvalue weighted by molar-refractivity contribution is -0.118. The molecule has 0 spiro atoms. The number of nitrogens with zero attached hydrogens (tertiary/aromatic N) is 1. The van der Waals surface area contributed by atoms with Gasteiger partial charge in [0.05, 0.1) is 0 Å². The molecule has 0 radical (unpaired) electrons. The van der Waals surface area contributed by atoms with E-state index in [0.29, 0.717) is 11.4 Å². The Labute approximate surface area is 115 Å². The van der Waals surface area contributed by atoms with Crippen LogP contribution in [0.2, 0.25) is 5.02 Å². The van der Waals surface area contributed by atoms with Crippen molar-refractivity contribution in [3.8, 4) is 0 Å². The molecule has 1 rings (SSSR count). The highest BCUT2D eigenvalue weighted by atomic mass is 35.5. The van der Waals surface area contributed by atoms with Gasteiger partial charge in [-0.2, -0.15) is 0 Å². The Morgan fingerprint density at radius 2 is 2.00 bits per heavy atom. The number of carbonyl (C=O) groups is 2. The van der Waals surface area contributed by atoms with Gasteiger partial charge in [0.2, 0.25) is 5.91 Å². The van der Waals surface area contributed by atoms with Crippen LogP contribution in [0.4, 0.5) is 4.79 Å². The summed E-state index contributed by atoms with van der Waals surface area (Å²) in [6.07, 6.45) is -0.809. The van der Waals surface area contributed by atoms with Crippen LogP contribution in [0.1, 0.15) is 5.56 Å². The smallest absolute Gasteiger partial charge is 0.407 e. The molecule has 0 unspecified atom stereocenters. The molecular formula is C12H16ClN3O3. The highest BCUT2D eigenvalue weighted by molar-refractivity contribution is 6.31. The Kier molecular flexibility index (Phi) is 5.59. The summed E-state index contributed by atoms with van der Waals surface area (Å²) in [6, 6.07) is 6.72. The van der Waals surface area contributed by atoms with Crippen LogP contribution in [0.5, 0.6) is 0 Å². The Hall–Kier alpha value is -1.79. The summed E-state index contributed by atoms with van der Waals surface area (Å²) in [7, 11) is 0. The van der Waals surface area contributed by atoms with Gasteiger partial charge in [0, 0.05) is 17.6 Å². The largest absolute Gasteiger partial charge is 0.465 e. The quantitative estimate of drug-likeness (QED) is 0.713. The highest BCUT2D eigenvalue weighted by Crippen LogP contribution is 2.16. The zero-order valence-electron chi connectivity index (χ0n) is 10.3. The number of hydrogen-bond donors (Lipinski definition) is 3. The lowest BCUT2D eigenvalue weighted by Crippen LogP contribution is -2.45. The van der Waals surface area contributed by atoms with Crippen LogP contribution in [-0.2, 0) is 11.2 Å². The molecule has 1 aromatic rings. The van der Waals surface area contributed by atoms with Gasteiger partial charge in [-0.25, -0.2) is 4.79 Å². The minimum Gasteiger partial charge on any atom is -0.465 e. The van der Waals surface area contributed by atoms with Crippen LogP contribution in [0.15, 0.2) is 24.3 Å². The maximum Gasteiger partial charge on any atom is 0.407 e. The summed E-state index contributed by atoms with van der Waals surface area (Å²) < 4.78 is 0. The molecule has 0 heterocycles. The maximum absolute atomic E-state index is 10.9. The second-order valence-corrected chi connectivity index (χ2v) is 4.59. The van der Waals surface area contributed by atoms with Crippen molar-refractivity contribution in [3.05, 3.63) is 34.9 Å². The van der Waals surface area contributed by atoms with E-state index in [-0.39, 0.29) is 13.1 Å². The fourth-order valence-corrected chi connectivity index (χ4v) is 1.91. The minimum atomic E-state index is -1.23. The van der Waals surface area contributed by atoms with E-state index in [1.807, 2.05) is 12.1 Å². The fourth-order valence-electron chi connectivity index (χ4n) is 1.69. The molecule has 1 atom stereocenters. The average Bonchev–Trinajstić information content (AvgIpc) is 2.30. The molecule has 0 fully saturated rings. The van der Waals surface area contributed by atoms with Gasteiger partial charge < -0.3 is 16.6 Å². The zero-order chi connectivity index (χ0) is 14.4. The fraction of sp³-hybridized carbons (Fsp3) is 0.333. The van der Waals surface area contributed by atoms with Crippen molar-refractivity contribution < 1.29 is 14.7 Å². The van der Waals surface area contributed by atoms with Crippen LogP contribution in [0.3, 0.4) is 0 Å². The minimum absolute atomic E-state index is 0.0174. The second kappa shape index (κ2) is 6.96. The lowest BCUT2D eigenvalue weighted by atomic mass is 10.1. The second-order valence-electron chi connectivity index (χ2n) is 4.19. The number of rotatable bonds is 6. The van der Waals surface area contributed by atoms with Crippen molar-refractivity contribution in [2.75, 3.05) is 13.1 Å². The van der Waals surface area contributed by atoms with Gasteiger partial charge >= 0.3 is 6.09 Å². The summed E-state index contributed by atoms with van der Waals surface area (Å²) in [6.45, 7) is -0.352. The van der Waals surface area contributed by atoms with E-state index in [4.69, 9.17) is 28.2 Å². The van der Waals surface area contributed by atoms with Gasteiger partial charge in [0.15, 0.2) is 0 Å². The van der Waals surface area contributed by atoms with Crippen molar-refractivity contribution in [3.63, 3.8) is 0 Å². The molecule has 0 aromatic heterocycles. The van der Waals surface area contributed by atoms with Crippen LogP contribution in [-0.4, -0.2) is 41.1 Å². The number of nitrogens with two attached hydrogens (primary N) is 2. The van der Waals surface area contributed by atoms with Crippen molar-refractivity contribution in [1.82, 2.24) is 4.90 Å². The summed E-state index contributed by atoms with van der Waals surface area (Å²) >= 11 is 5.99. The molecule has 0 bridgehead atoms. The summed E-state index contributed by atoms with van der Waals surface area (Å²) in [5.74, 6) is -0.715. The molecule has 1 aromatic carbocycles. The van der Waals surface area contributed by atoms with Crippen LogP contribution in [0.25, 0.3) is 0 Å². The number of hydrogen-bond acceptors (Lipinski definition) is 3. The summed E-state index contributed by atoms with van der Waals surface area (Å²) in [5, 5.41) is 9.51. The van der Waals surface area contributed by atoms with Gasteiger partial charge in [0.1, 0.15) is 6.54 Å². The molecule has 0 saturated carbocycles. The molecular weight excluding hydrogens is 270 g/mol. The normalized spacial score (nSPS) is 11.9. The molecule has 0 aliphatic carbocycles. The first-order valence-electron chi connectivity index (χ1n) is 5.65. The molecule has 7 heteroatoms.